The van der Waals surface area contributed by atoms with Crippen molar-refractivity contribution in [2.75, 3.05) is 18.1 Å². The van der Waals surface area contributed by atoms with Crippen LogP contribution in [-0.2, 0) is 10.2 Å². The van der Waals surface area contributed by atoms with E-state index in [0.29, 0.717) is 12.1 Å². The van der Waals surface area contributed by atoms with Gasteiger partial charge in [-0.3, -0.25) is 0 Å². The summed E-state index contributed by atoms with van der Waals surface area (Å²) in [4.78, 5) is 2.47. The first-order chi connectivity index (χ1) is 8.39. The summed E-state index contributed by atoms with van der Waals surface area (Å²) in [7, 11) is 0. The quantitative estimate of drug-likeness (QED) is 0.752. The predicted octanol–water partition coefficient (Wildman–Crippen LogP) is 3.60. The van der Waals surface area contributed by atoms with Crippen LogP contribution in [0.4, 0.5) is 5.69 Å². The van der Waals surface area contributed by atoms with Gasteiger partial charge in [0.25, 0.3) is 0 Å². The van der Waals surface area contributed by atoms with Crippen molar-refractivity contribution in [1.82, 2.24) is 0 Å². The van der Waals surface area contributed by atoms with Crippen LogP contribution in [0.25, 0.3) is 0 Å². The second-order valence-corrected chi connectivity index (χ2v) is 6.44. The molecule has 1 aromatic rings. The van der Waals surface area contributed by atoms with Gasteiger partial charge in [-0.05, 0) is 37.0 Å². The lowest BCUT2D eigenvalue weighted by molar-refractivity contribution is 0.0757. The molecule has 0 saturated carbocycles. The van der Waals surface area contributed by atoms with Crippen LogP contribution in [0.5, 0.6) is 0 Å². The predicted molar refractivity (Wildman–Crippen MR) is 77.4 cm³/mol. The normalized spacial score (nSPS) is 25.3. The highest BCUT2D eigenvalue weighted by Crippen LogP contribution is 2.28. The molecule has 0 spiro atoms. The molecule has 1 aromatic carbocycles. The van der Waals surface area contributed by atoms with Gasteiger partial charge in [0.2, 0.25) is 0 Å². The third-order valence-electron chi connectivity index (χ3n) is 3.70. The summed E-state index contributed by atoms with van der Waals surface area (Å²) in [6.07, 6.45) is 0. The molecule has 0 N–H and O–H groups in total. The summed E-state index contributed by atoms with van der Waals surface area (Å²) in [6.45, 7) is 12.9. The Morgan fingerprint density at radius 2 is 1.50 bits per heavy atom. The van der Waals surface area contributed by atoms with Crippen LogP contribution >= 0.6 is 0 Å². The Bertz CT molecular complexity index is 381. The lowest BCUT2D eigenvalue weighted by atomic mass is 9.87. The fourth-order valence-electron chi connectivity index (χ4n) is 2.65. The molecule has 2 nitrogen and oxygen atoms in total. The Labute approximate surface area is 111 Å². The van der Waals surface area contributed by atoms with Crippen molar-refractivity contribution in [2.45, 2.75) is 52.1 Å². The highest BCUT2D eigenvalue weighted by Gasteiger charge is 2.25. The van der Waals surface area contributed by atoms with E-state index in [1.165, 1.54) is 11.3 Å². The van der Waals surface area contributed by atoms with Gasteiger partial charge < -0.3 is 9.64 Å². The van der Waals surface area contributed by atoms with Crippen molar-refractivity contribution in [1.29, 1.82) is 0 Å². The number of hydrogen-bond acceptors (Lipinski definition) is 2. The van der Waals surface area contributed by atoms with Gasteiger partial charge in [-0.2, -0.15) is 0 Å². The first-order valence-electron chi connectivity index (χ1n) is 6.86. The van der Waals surface area contributed by atoms with E-state index in [4.69, 9.17) is 4.74 Å². The van der Waals surface area contributed by atoms with Crippen molar-refractivity contribution in [2.24, 2.45) is 0 Å². The van der Waals surface area contributed by atoms with Crippen LogP contribution in [-0.4, -0.2) is 25.3 Å². The molecule has 0 bridgehead atoms. The summed E-state index contributed by atoms with van der Waals surface area (Å²) >= 11 is 0. The Kier molecular flexibility index (Phi) is 3.67. The molecule has 1 aliphatic rings. The van der Waals surface area contributed by atoms with E-state index in [0.717, 1.165) is 13.2 Å². The maximum absolute atomic E-state index is 5.58. The van der Waals surface area contributed by atoms with Crippen LogP contribution < -0.4 is 4.90 Å². The molecule has 100 valence electrons. The Morgan fingerprint density at radius 3 is 1.94 bits per heavy atom. The van der Waals surface area contributed by atoms with Gasteiger partial charge in [0.15, 0.2) is 0 Å². The standard InChI is InChI=1S/C16H25NO/c1-12-10-18-11-13(2)17(12)15-8-6-14(7-9-15)16(3,4)5/h6-9,12-13H,10-11H2,1-5H3/t12-,13-/m0/s1. The van der Waals surface area contributed by atoms with E-state index < -0.39 is 0 Å². The Hall–Kier alpha value is -1.02. The molecular weight excluding hydrogens is 222 g/mol. The number of hydrogen-bond donors (Lipinski definition) is 0. The average Bonchev–Trinajstić information content (AvgIpc) is 2.28. The minimum Gasteiger partial charge on any atom is -0.377 e. The highest BCUT2D eigenvalue weighted by molar-refractivity contribution is 5.50. The highest BCUT2D eigenvalue weighted by atomic mass is 16.5. The van der Waals surface area contributed by atoms with Crippen molar-refractivity contribution in [3.63, 3.8) is 0 Å². The smallest absolute Gasteiger partial charge is 0.0668 e. The number of rotatable bonds is 1. The van der Waals surface area contributed by atoms with Crippen LogP contribution in [0.1, 0.15) is 40.2 Å². The van der Waals surface area contributed by atoms with E-state index >= 15 is 0 Å². The van der Waals surface area contributed by atoms with E-state index in [2.05, 4.69) is 63.8 Å². The summed E-state index contributed by atoms with van der Waals surface area (Å²) in [5.74, 6) is 0. The number of ether oxygens (including phenoxy) is 1. The van der Waals surface area contributed by atoms with Crippen molar-refractivity contribution < 1.29 is 4.74 Å². The minimum absolute atomic E-state index is 0.223. The summed E-state index contributed by atoms with van der Waals surface area (Å²) in [5, 5.41) is 0. The summed E-state index contributed by atoms with van der Waals surface area (Å²) < 4.78 is 5.58. The molecular formula is C16H25NO. The zero-order valence-electron chi connectivity index (χ0n) is 12.2. The average molecular weight is 247 g/mol. The minimum atomic E-state index is 0.223. The van der Waals surface area contributed by atoms with Crippen LogP contribution in [0.2, 0.25) is 0 Å². The number of morpholine rings is 1. The largest absolute Gasteiger partial charge is 0.377 e. The van der Waals surface area contributed by atoms with Crippen molar-refractivity contribution in [3.05, 3.63) is 29.8 Å². The van der Waals surface area contributed by atoms with Gasteiger partial charge in [0.1, 0.15) is 0 Å². The molecule has 0 aromatic heterocycles. The summed E-state index contributed by atoms with van der Waals surface area (Å²) in [5.41, 5.74) is 2.92. The number of anilines is 1. The molecule has 2 heteroatoms. The second-order valence-electron chi connectivity index (χ2n) is 6.44. The topological polar surface area (TPSA) is 12.5 Å². The first-order valence-corrected chi connectivity index (χ1v) is 6.86. The molecule has 0 aliphatic carbocycles. The third kappa shape index (κ3) is 2.69. The molecule has 0 amide bonds. The van der Waals surface area contributed by atoms with E-state index in [9.17, 15) is 0 Å². The molecule has 0 radical (unpaired) electrons. The van der Waals surface area contributed by atoms with Gasteiger partial charge in [-0.15, -0.1) is 0 Å². The first kappa shape index (κ1) is 13.4. The van der Waals surface area contributed by atoms with Gasteiger partial charge in [0.05, 0.1) is 13.2 Å². The number of nitrogens with zero attached hydrogens (tertiary/aromatic N) is 1. The molecule has 0 unspecified atom stereocenters. The molecule has 1 heterocycles. The lowest BCUT2D eigenvalue weighted by Crippen LogP contribution is -2.49. The molecule has 1 aliphatic heterocycles. The maximum Gasteiger partial charge on any atom is 0.0668 e. The molecule has 1 fully saturated rings. The second kappa shape index (κ2) is 4.93. The Balaban J connectivity index is 2.23. The molecule has 2 atom stereocenters. The van der Waals surface area contributed by atoms with E-state index in [1.807, 2.05) is 0 Å². The van der Waals surface area contributed by atoms with Gasteiger partial charge in [-0.1, -0.05) is 32.9 Å². The lowest BCUT2D eigenvalue weighted by Gasteiger charge is -2.40. The monoisotopic (exact) mass is 247 g/mol. The van der Waals surface area contributed by atoms with Gasteiger partial charge in [-0.25, -0.2) is 0 Å². The molecule has 18 heavy (non-hydrogen) atoms. The fraction of sp³-hybridized carbons (Fsp3) is 0.625. The third-order valence-corrected chi connectivity index (χ3v) is 3.70. The fourth-order valence-corrected chi connectivity index (χ4v) is 2.65. The van der Waals surface area contributed by atoms with E-state index in [-0.39, 0.29) is 5.41 Å². The van der Waals surface area contributed by atoms with Crippen LogP contribution in [0.3, 0.4) is 0 Å². The van der Waals surface area contributed by atoms with Crippen molar-refractivity contribution in [3.8, 4) is 0 Å². The summed E-state index contributed by atoms with van der Waals surface area (Å²) in [6, 6.07) is 9.91. The van der Waals surface area contributed by atoms with Gasteiger partial charge in [0, 0.05) is 17.8 Å². The Morgan fingerprint density at radius 1 is 1.00 bits per heavy atom. The zero-order valence-corrected chi connectivity index (χ0v) is 12.2. The maximum atomic E-state index is 5.58. The number of benzene rings is 1. The van der Waals surface area contributed by atoms with Crippen molar-refractivity contribution >= 4 is 5.69 Å². The van der Waals surface area contributed by atoms with E-state index in [1.54, 1.807) is 0 Å². The SMILES string of the molecule is C[C@H]1COC[C@H](C)N1c1ccc(C(C)(C)C)cc1. The van der Waals surface area contributed by atoms with Gasteiger partial charge >= 0.3 is 0 Å². The molecule has 2 rings (SSSR count). The van der Waals surface area contributed by atoms with Crippen LogP contribution in [0.15, 0.2) is 24.3 Å². The zero-order chi connectivity index (χ0) is 13.3. The van der Waals surface area contributed by atoms with Crippen LogP contribution in [0, 0.1) is 0 Å². The molecule has 1 saturated heterocycles.